The van der Waals surface area contributed by atoms with Gasteiger partial charge in [-0.2, -0.15) is 0 Å². The van der Waals surface area contributed by atoms with Crippen molar-refractivity contribution in [1.82, 2.24) is 0 Å². The highest BCUT2D eigenvalue weighted by Gasteiger charge is 2.13. The molecule has 1 saturated heterocycles. The van der Waals surface area contributed by atoms with Crippen LogP contribution in [-0.2, 0) is 4.74 Å². The molecule has 1 fully saturated rings. The molecule has 1 aliphatic rings. The smallest absolute Gasteiger partial charge is 0.115 e. The van der Waals surface area contributed by atoms with Crippen LogP contribution < -0.4 is 0 Å². The molecule has 0 amide bonds. The second-order valence-electron chi connectivity index (χ2n) is 2.48. The maximum absolute atomic E-state index is 8.63. The third kappa shape index (κ3) is 4.39. The van der Waals surface area contributed by atoms with Crippen molar-refractivity contribution < 1.29 is 9.84 Å². The van der Waals surface area contributed by atoms with E-state index in [-0.39, 0.29) is 0 Å². The molecule has 11 heavy (non-hydrogen) atoms. The summed E-state index contributed by atoms with van der Waals surface area (Å²) in [5, 5.41) is 8.63. The number of phenolic OH excluding ortho intramolecular Hbond substituents is 1. The summed E-state index contributed by atoms with van der Waals surface area (Å²) in [7, 11) is 0. The Kier molecular flexibility index (Phi) is 2.93. The van der Waals surface area contributed by atoms with Gasteiger partial charge in [0, 0.05) is 0 Å². The Morgan fingerprint density at radius 1 is 1.36 bits per heavy atom. The SMILES string of the molecule is CC1CO1.Oc1ccccc1. The molecule has 2 nitrogen and oxygen atoms in total. The van der Waals surface area contributed by atoms with Crippen LogP contribution >= 0.6 is 0 Å². The van der Waals surface area contributed by atoms with Gasteiger partial charge in [0.25, 0.3) is 0 Å². The first kappa shape index (κ1) is 8.08. The zero-order valence-corrected chi connectivity index (χ0v) is 6.53. The summed E-state index contributed by atoms with van der Waals surface area (Å²) in [6, 6.07) is 8.71. The van der Waals surface area contributed by atoms with Crippen molar-refractivity contribution in [3.8, 4) is 5.75 Å². The lowest BCUT2D eigenvalue weighted by atomic mass is 10.3. The van der Waals surface area contributed by atoms with Crippen LogP contribution in [0, 0.1) is 0 Å². The minimum Gasteiger partial charge on any atom is -0.508 e. The number of ether oxygens (including phenoxy) is 1. The fourth-order valence-electron chi connectivity index (χ4n) is 0.524. The number of aromatic hydroxyl groups is 1. The number of epoxide rings is 1. The van der Waals surface area contributed by atoms with Crippen molar-refractivity contribution in [1.29, 1.82) is 0 Å². The molecule has 0 saturated carbocycles. The van der Waals surface area contributed by atoms with E-state index in [9.17, 15) is 0 Å². The zero-order chi connectivity index (χ0) is 8.10. The third-order valence-corrected chi connectivity index (χ3v) is 1.26. The summed E-state index contributed by atoms with van der Waals surface area (Å²) in [4.78, 5) is 0. The number of phenols is 1. The lowest BCUT2D eigenvalue weighted by Gasteiger charge is -1.82. The topological polar surface area (TPSA) is 32.8 Å². The molecule has 0 aromatic heterocycles. The maximum atomic E-state index is 8.63. The van der Waals surface area contributed by atoms with Crippen LogP contribution in [0.4, 0.5) is 0 Å². The molecule has 1 aromatic carbocycles. The second kappa shape index (κ2) is 3.98. The van der Waals surface area contributed by atoms with Crippen LogP contribution in [0.5, 0.6) is 5.75 Å². The monoisotopic (exact) mass is 152 g/mol. The fourth-order valence-corrected chi connectivity index (χ4v) is 0.524. The van der Waals surface area contributed by atoms with Crippen molar-refractivity contribution in [2.24, 2.45) is 0 Å². The van der Waals surface area contributed by atoms with E-state index in [1.807, 2.05) is 6.07 Å². The number of rotatable bonds is 0. The van der Waals surface area contributed by atoms with Crippen molar-refractivity contribution in [2.45, 2.75) is 13.0 Å². The van der Waals surface area contributed by atoms with Gasteiger partial charge < -0.3 is 9.84 Å². The van der Waals surface area contributed by atoms with Gasteiger partial charge in [-0.3, -0.25) is 0 Å². The molecular weight excluding hydrogens is 140 g/mol. The maximum Gasteiger partial charge on any atom is 0.115 e. The lowest BCUT2D eigenvalue weighted by Crippen LogP contribution is -1.60. The fraction of sp³-hybridized carbons (Fsp3) is 0.333. The van der Waals surface area contributed by atoms with Gasteiger partial charge in [-0.15, -0.1) is 0 Å². The van der Waals surface area contributed by atoms with Gasteiger partial charge in [0.05, 0.1) is 12.7 Å². The lowest BCUT2D eigenvalue weighted by molar-refractivity contribution is 0.423. The van der Waals surface area contributed by atoms with Gasteiger partial charge >= 0.3 is 0 Å². The molecule has 0 spiro atoms. The van der Waals surface area contributed by atoms with Gasteiger partial charge in [-0.25, -0.2) is 0 Å². The number of benzene rings is 1. The summed E-state index contributed by atoms with van der Waals surface area (Å²) in [5.74, 6) is 0.322. The first-order valence-corrected chi connectivity index (χ1v) is 3.64. The van der Waals surface area contributed by atoms with Gasteiger partial charge in [0.15, 0.2) is 0 Å². The molecule has 1 aliphatic heterocycles. The number of para-hydroxylation sites is 1. The Hall–Kier alpha value is -1.02. The second-order valence-corrected chi connectivity index (χ2v) is 2.48. The first-order chi connectivity index (χ1) is 5.29. The van der Waals surface area contributed by atoms with E-state index in [1.54, 1.807) is 24.3 Å². The molecule has 1 aromatic rings. The quantitative estimate of drug-likeness (QED) is 0.575. The summed E-state index contributed by atoms with van der Waals surface area (Å²) in [5.41, 5.74) is 0. The van der Waals surface area contributed by atoms with Crippen molar-refractivity contribution in [3.05, 3.63) is 30.3 Å². The van der Waals surface area contributed by atoms with E-state index in [4.69, 9.17) is 9.84 Å². The Morgan fingerprint density at radius 2 is 1.82 bits per heavy atom. The molecule has 1 N–H and O–H groups in total. The highest BCUT2D eigenvalue weighted by molar-refractivity contribution is 5.18. The predicted octanol–water partition coefficient (Wildman–Crippen LogP) is 1.80. The van der Waals surface area contributed by atoms with Crippen molar-refractivity contribution >= 4 is 0 Å². The molecule has 2 heteroatoms. The summed E-state index contributed by atoms with van der Waals surface area (Å²) < 4.78 is 4.71. The zero-order valence-electron chi connectivity index (χ0n) is 6.53. The van der Waals surface area contributed by atoms with Crippen molar-refractivity contribution in [2.75, 3.05) is 6.61 Å². The summed E-state index contributed by atoms with van der Waals surface area (Å²) in [6.45, 7) is 3.04. The number of hydrogen-bond acceptors (Lipinski definition) is 2. The van der Waals surface area contributed by atoms with Crippen LogP contribution in [0.1, 0.15) is 6.92 Å². The predicted molar refractivity (Wildman–Crippen MR) is 43.5 cm³/mol. The van der Waals surface area contributed by atoms with E-state index in [1.165, 1.54) is 0 Å². The van der Waals surface area contributed by atoms with Crippen molar-refractivity contribution in [3.63, 3.8) is 0 Å². The molecule has 60 valence electrons. The normalized spacial score (nSPS) is 19.9. The van der Waals surface area contributed by atoms with E-state index < -0.39 is 0 Å². The van der Waals surface area contributed by atoms with E-state index in [0.29, 0.717) is 11.9 Å². The molecule has 1 unspecified atom stereocenters. The van der Waals surface area contributed by atoms with Gasteiger partial charge in [0.1, 0.15) is 5.75 Å². The Labute approximate surface area is 66.4 Å². The van der Waals surface area contributed by atoms with Gasteiger partial charge in [-0.05, 0) is 19.1 Å². The largest absolute Gasteiger partial charge is 0.508 e. The molecule has 0 aliphatic carbocycles. The average molecular weight is 152 g/mol. The first-order valence-electron chi connectivity index (χ1n) is 3.64. The molecule has 1 heterocycles. The van der Waals surface area contributed by atoms with E-state index in [0.717, 1.165) is 6.61 Å². The molecule has 1 atom stereocenters. The highest BCUT2D eigenvalue weighted by Crippen LogP contribution is 2.04. The van der Waals surface area contributed by atoms with Crippen LogP contribution in [0.15, 0.2) is 30.3 Å². The van der Waals surface area contributed by atoms with Gasteiger partial charge in [-0.1, -0.05) is 18.2 Å². The Morgan fingerprint density at radius 3 is 2.00 bits per heavy atom. The van der Waals surface area contributed by atoms with Crippen LogP contribution in [0.2, 0.25) is 0 Å². The van der Waals surface area contributed by atoms with Crippen LogP contribution in [0.3, 0.4) is 0 Å². The molecule has 0 radical (unpaired) electrons. The minimum absolute atomic E-state index is 0.322. The van der Waals surface area contributed by atoms with Crippen LogP contribution in [0.25, 0.3) is 0 Å². The molecule has 0 bridgehead atoms. The summed E-state index contributed by atoms with van der Waals surface area (Å²) >= 11 is 0. The molecule has 2 rings (SSSR count). The Bertz CT molecular complexity index is 192. The van der Waals surface area contributed by atoms with Gasteiger partial charge in [0.2, 0.25) is 0 Å². The van der Waals surface area contributed by atoms with Crippen LogP contribution in [-0.4, -0.2) is 17.8 Å². The average Bonchev–Trinajstić information content (AvgIpc) is 2.75. The highest BCUT2D eigenvalue weighted by atomic mass is 16.6. The standard InChI is InChI=1S/C6H6O.C3H6O/c7-6-4-2-1-3-5-6;1-3-2-4-3/h1-5,7H;3H,2H2,1H3. The minimum atomic E-state index is 0.322. The third-order valence-electron chi connectivity index (χ3n) is 1.26. The number of hydrogen-bond donors (Lipinski definition) is 1. The molecular formula is C9H12O2. The van der Waals surface area contributed by atoms with E-state index in [2.05, 4.69) is 6.92 Å². The summed E-state index contributed by atoms with van der Waals surface area (Å²) in [6.07, 6.45) is 0.583. The Balaban J connectivity index is 0.000000128. The van der Waals surface area contributed by atoms with E-state index >= 15 is 0 Å².